The number of rotatable bonds is 5. The van der Waals surface area contributed by atoms with Crippen LogP contribution in [0.15, 0.2) is 42.6 Å². The van der Waals surface area contributed by atoms with Gasteiger partial charge in [0.2, 0.25) is 5.95 Å². The summed E-state index contributed by atoms with van der Waals surface area (Å²) in [6.45, 7) is 5.87. The summed E-state index contributed by atoms with van der Waals surface area (Å²) in [5, 5.41) is 3.36. The first-order valence-electron chi connectivity index (χ1n) is 9.74. The number of hydrogen-bond donors (Lipinski definition) is 1. The number of aryl methyl sites for hydroxylation is 1. The minimum absolute atomic E-state index is 0.606. The molecular formula is C23H26N4O2. The number of anilines is 3. The molecule has 4 rings (SSSR count). The molecule has 3 aromatic rings. The Morgan fingerprint density at radius 3 is 2.52 bits per heavy atom. The molecule has 0 radical (unpaired) electrons. The normalized spacial score (nSPS) is 13.0. The minimum Gasteiger partial charge on any atom is -0.493 e. The van der Waals surface area contributed by atoms with E-state index in [9.17, 15) is 0 Å². The van der Waals surface area contributed by atoms with Crippen molar-refractivity contribution in [2.24, 2.45) is 0 Å². The van der Waals surface area contributed by atoms with E-state index in [-0.39, 0.29) is 0 Å². The Hall–Kier alpha value is -3.28. The van der Waals surface area contributed by atoms with Crippen LogP contribution in [0.2, 0.25) is 0 Å². The molecule has 2 aromatic carbocycles. The Labute approximate surface area is 171 Å². The topological polar surface area (TPSA) is 59.5 Å². The van der Waals surface area contributed by atoms with E-state index in [1.807, 2.05) is 12.1 Å². The average molecular weight is 390 g/mol. The lowest BCUT2D eigenvalue weighted by molar-refractivity contribution is 0.353. The maximum atomic E-state index is 5.47. The van der Waals surface area contributed by atoms with Gasteiger partial charge in [-0.2, -0.15) is 4.98 Å². The first-order valence-corrected chi connectivity index (χ1v) is 9.74. The van der Waals surface area contributed by atoms with Crippen LogP contribution in [0.5, 0.6) is 11.5 Å². The second-order valence-electron chi connectivity index (χ2n) is 7.26. The second kappa shape index (κ2) is 7.99. The Morgan fingerprint density at radius 1 is 1.00 bits per heavy atom. The molecule has 150 valence electrons. The van der Waals surface area contributed by atoms with Crippen LogP contribution in [0.1, 0.15) is 22.3 Å². The van der Waals surface area contributed by atoms with E-state index >= 15 is 0 Å². The molecule has 1 aliphatic heterocycles. The number of methoxy groups -OCH3 is 2. The number of ether oxygens (including phenoxy) is 2. The third-order valence-corrected chi connectivity index (χ3v) is 5.53. The standard InChI is InChI=1S/C23H26N4O2/c1-15-6-5-7-19(16(15)2)25-23-24-10-8-22(26-23)27-11-9-17-12-20(28-3)21(29-4)13-18(17)14-27/h5-8,10,12-13H,9,11,14H2,1-4H3,(H,24,25,26). The van der Waals surface area contributed by atoms with Crippen LogP contribution >= 0.6 is 0 Å². The highest BCUT2D eigenvalue weighted by Gasteiger charge is 2.21. The van der Waals surface area contributed by atoms with Gasteiger partial charge in [0.1, 0.15) is 5.82 Å². The highest BCUT2D eigenvalue weighted by molar-refractivity contribution is 5.61. The number of aromatic nitrogens is 2. The summed E-state index contributed by atoms with van der Waals surface area (Å²) in [5.41, 5.74) is 6.00. The Balaban J connectivity index is 1.57. The molecule has 0 saturated heterocycles. The van der Waals surface area contributed by atoms with Gasteiger partial charge in [-0.25, -0.2) is 4.98 Å². The smallest absolute Gasteiger partial charge is 0.229 e. The predicted octanol–water partition coefficient (Wildman–Crippen LogP) is 4.42. The molecule has 0 atom stereocenters. The molecule has 1 N–H and O–H groups in total. The zero-order valence-corrected chi connectivity index (χ0v) is 17.3. The highest BCUT2D eigenvalue weighted by Crippen LogP contribution is 2.34. The fourth-order valence-electron chi connectivity index (χ4n) is 3.67. The van der Waals surface area contributed by atoms with E-state index in [4.69, 9.17) is 14.5 Å². The van der Waals surface area contributed by atoms with Crippen molar-refractivity contribution in [2.75, 3.05) is 31.0 Å². The highest BCUT2D eigenvalue weighted by atomic mass is 16.5. The lowest BCUT2D eigenvalue weighted by atomic mass is 9.99. The number of nitrogens with zero attached hydrogens (tertiary/aromatic N) is 3. The molecule has 6 heteroatoms. The van der Waals surface area contributed by atoms with Crippen LogP contribution in [0, 0.1) is 13.8 Å². The summed E-state index contributed by atoms with van der Waals surface area (Å²) in [4.78, 5) is 11.4. The van der Waals surface area contributed by atoms with Crippen molar-refractivity contribution in [3.8, 4) is 11.5 Å². The average Bonchev–Trinajstić information content (AvgIpc) is 2.75. The zero-order valence-electron chi connectivity index (χ0n) is 17.3. The molecule has 1 aliphatic rings. The van der Waals surface area contributed by atoms with Crippen LogP contribution < -0.4 is 19.7 Å². The van der Waals surface area contributed by atoms with Gasteiger partial charge in [-0.15, -0.1) is 0 Å². The summed E-state index contributed by atoms with van der Waals surface area (Å²) < 4.78 is 10.9. The summed E-state index contributed by atoms with van der Waals surface area (Å²) in [6, 6.07) is 12.3. The second-order valence-corrected chi connectivity index (χ2v) is 7.26. The molecule has 0 unspecified atom stereocenters. The molecule has 2 heterocycles. The minimum atomic E-state index is 0.606. The lowest BCUT2D eigenvalue weighted by Crippen LogP contribution is -2.31. The van der Waals surface area contributed by atoms with Gasteiger partial charge in [0.25, 0.3) is 0 Å². The van der Waals surface area contributed by atoms with Gasteiger partial charge in [-0.3, -0.25) is 0 Å². The van der Waals surface area contributed by atoms with Crippen molar-refractivity contribution < 1.29 is 9.47 Å². The maximum Gasteiger partial charge on any atom is 0.229 e. The molecule has 0 amide bonds. The first-order chi connectivity index (χ1) is 14.1. The van der Waals surface area contributed by atoms with E-state index < -0.39 is 0 Å². The van der Waals surface area contributed by atoms with E-state index in [1.54, 1.807) is 20.4 Å². The van der Waals surface area contributed by atoms with Crippen molar-refractivity contribution in [2.45, 2.75) is 26.8 Å². The van der Waals surface area contributed by atoms with E-state index in [0.717, 1.165) is 42.5 Å². The van der Waals surface area contributed by atoms with Crippen LogP contribution in [-0.2, 0) is 13.0 Å². The van der Waals surface area contributed by atoms with Gasteiger partial charge < -0.3 is 19.7 Å². The molecule has 0 bridgehead atoms. The molecular weight excluding hydrogens is 364 g/mol. The van der Waals surface area contributed by atoms with Gasteiger partial charge in [-0.05, 0) is 66.8 Å². The van der Waals surface area contributed by atoms with Crippen LogP contribution in [0.3, 0.4) is 0 Å². The van der Waals surface area contributed by atoms with Crippen LogP contribution in [0.25, 0.3) is 0 Å². The molecule has 0 fully saturated rings. The van der Waals surface area contributed by atoms with Gasteiger partial charge in [0.05, 0.1) is 14.2 Å². The predicted molar refractivity (Wildman–Crippen MR) is 116 cm³/mol. The monoisotopic (exact) mass is 390 g/mol. The first kappa shape index (κ1) is 19.1. The Bertz CT molecular complexity index is 1040. The van der Waals surface area contributed by atoms with Crippen molar-refractivity contribution in [3.05, 3.63) is 64.8 Å². The number of fused-ring (bicyclic) bond motifs is 1. The molecule has 1 aromatic heterocycles. The van der Waals surface area contributed by atoms with E-state index in [2.05, 4.69) is 53.3 Å². The van der Waals surface area contributed by atoms with Gasteiger partial charge in [0.15, 0.2) is 11.5 Å². The van der Waals surface area contributed by atoms with Gasteiger partial charge in [-0.1, -0.05) is 12.1 Å². The van der Waals surface area contributed by atoms with Crippen LogP contribution in [-0.4, -0.2) is 30.7 Å². The fraction of sp³-hybridized carbons (Fsp3) is 0.304. The van der Waals surface area contributed by atoms with Crippen molar-refractivity contribution in [1.29, 1.82) is 0 Å². The molecule has 0 aliphatic carbocycles. The number of benzene rings is 2. The SMILES string of the molecule is COc1cc2c(cc1OC)CN(c1ccnc(Nc3cccc(C)c3C)n1)CC2. The third kappa shape index (κ3) is 3.83. The molecule has 0 spiro atoms. The van der Waals surface area contributed by atoms with E-state index in [1.165, 1.54) is 22.3 Å². The van der Waals surface area contributed by atoms with Crippen LogP contribution in [0.4, 0.5) is 17.5 Å². The summed E-state index contributed by atoms with van der Waals surface area (Å²) in [5.74, 6) is 3.05. The lowest BCUT2D eigenvalue weighted by Gasteiger charge is -2.30. The number of hydrogen-bond acceptors (Lipinski definition) is 6. The summed E-state index contributed by atoms with van der Waals surface area (Å²) >= 11 is 0. The van der Waals surface area contributed by atoms with Gasteiger partial charge >= 0.3 is 0 Å². The third-order valence-electron chi connectivity index (χ3n) is 5.53. The number of nitrogens with one attached hydrogen (secondary N) is 1. The van der Waals surface area contributed by atoms with Crippen molar-refractivity contribution in [3.63, 3.8) is 0 Å². The molecule has 29 heavy (non-hydrogen) atoms. The van der Waals surface area contributed by atoms with Crippen molar-refractivity contribution in [1.82, 2.24) is 9.97 Å². The quantitative estimate of drug-likeness (QED) is 0.696. The summed E-state index contributed by atoms with van der Waals surface area (Å²) in [7, 11) is 3.34. The maximum absolute atomic E-state index is 5.47. The Kier molecular flexibility index (Phi) is 5.25. The largest absolute Gasteiger partial charge is 0.493 e. The van der Waals surface area contributed by atoms with E-state index in [0.29, 0.717) is 5.95 Å². The summed E-state index contributed by atoms with van der Waals surface area (Å²) in [6.07, 6.45) is 2.74. The Morgan fingerprint density at radius 2 is 1.76 bits per heavy atom. The van der Waals surface area contributed by atoms with Gasteiger partial charge in [0, 0.05) is 25.0 Å². The fourth-order valence-corrected chi connectivity index (χ4v) is 3.67. The molecule has 6 nitrogen and oxygen atoms in total. The molecule has 0 saturated carbocycles. The van der Waals surface area contributed by atoms with Crippen molar-refractivity contribution >= 4 is 17.5 Å². The zero-order chi connectivity index (χ0) is 20.4.